The average molecular weight is 252 g/mol. The van der Waals surface area contributed by atoms with Crippen LogP contribution in [-0.4, -0.2) is 23.1 Å². The lowest BCUT2D eigenvalue weighted by Crippen LogP contribution is -2.27. The molecular weight excluding hydrogens is 236 g/mol. The normalized spacial score (nSPS) is 11.8. The Kier molecular flexibility index (Phi) is 4.53. The molecule has 98 valence electrons. The molecule has 1 aromatic carbocycles. The fraction of sp³-hybridized carbons (Fsp3) is 0.333. The largest absolute Gasteiger partial charge is 0.479 e. The number of carbonyl (C=O) groups excluding carboxylic acids is 1. The Morgan fingerprint density at radius 1 is 1.39 bits per heavy atom. The summed E-state index contributed by atoms with van der Waals surface area (Å²) in [6, 6.07) is 4.34. The van der Waals surface area contributed by atoms with Crippen LogP contribution < -0.4 is 11.5 Å². The van der Waals surface area contributed by atoms with Crippen molar-refractivity contribution in [2.45, 2.75) is 25.9 Å². The Morgan fingerprint density at radius 2 is 2.06 bits per heavy atom. The number of hydrogen-bond donors (Lipinski definition) is 3. The molecule has 0 saturated carbocycles. The van der Waals surface area contributed by atoms with E-state index >= 15 is 0 Å². The molecular formula is C12H16N2O4. The number of carboxylic acids is 1. The number of aliphatic carboxylic acids is 1. The van der Waals surface area contributed by atoms with Crippen LogP contribution in [0.4, 0.5) is 11.4 Å². The number of carbonyl (C=O) groups is 2. The van der Waals surface area contributed by atoms with E-state index in [1.165, 1.54) is 18.2 Å². The predicted octanol–water partition coefficient (Wildman–Crippen LogP) is 1.26. The number of carboxylic acid groups (broad SMARTS) is 1. The third-order valence-corrected chi connectivity index (χ3v) is 2.37. The van der Waals surface area contributed by atoms with Gasteiger partial charge in [-0.15, -0.1) is 0 Å². The molecule has 0 aliphatic rings. The first-order valence-corrected chi connectivity index (χ1v) is 5.54. The third-order valence-electron chi connectivity index (χ3n) is 2.37. The van der Waals surface area contributed by atoms with E-state index in [1.54, 1.807) is 6.92 Å². The summed E-state index contributed by atoms with van der Waals surface area (Å²) in [6.07, 6.45) is -0.295. The van der Waals surface area contributed by atoms with E-state index in [2.05, 4.69) is 0 Å². The lowest BCUT2D eigenvalue weighted by molar-refractivity contribution is -0.147. The molecule has 1 rings (SSSR count). The Labute approximate surface area is 105 Å². The maximum Gasteiger partial charge on any atom is 0.345 e. The van der Waals surface area contributed by atoms with Crippen LogP contribution in [0, 0.1) is 0 Å². The van der Waals surface area contributed by atoms with Crippen molar-refractivity contribution >= 4 is 23.3 Å². The first kappa shape index (κ1) is 13.8. The zero-order chi connectivity index (χ0) is 13.7. The van der Waals surface area contributed by atoms with Crippen LogP contribution in [-0.2, 0) is 9.53 Å². The summed E-state index contributed by atoms with van der Waals surface area (Å²) in [4.78, 5) is 22.6. The van der Waals surface area contributed by atoms with Gasteiger partial charge in [0.1, 0.15) is 0 Å². The maximum absolute atomic E-state index is 11.8. The molecule has 1 aromatic rings. The SMILES string of the molecule is CCCC(OC(=O)c1ccc(N)cc1N)C(=O)O. The van der Waals surface area contributed by atoms with Crippen molar-refractivity contribution in [2.24, 2.45) is 0 Å². The molecule has 0 fully saturated rings. The van der Waals surface area contributed by atoms with E-state index in [-0.39, 0.29) is 17.7 Å². The molecule has 1 unspecified atom stereocenters. The number of esters is 1. The van der Waals surface area contributed by atoms with E-state index in [9.17, 15) is 9.59 Å². The smallest absolute Gasteiger partial charge is 0.345 e. The second-order valence-electron chi connectivity index (χ2n) is 3.87. The highest BCUT2D eigenvalue weighted by Crippen LogP contribution is 2.18. The first-order valence-electron chi connectivity index (χ1n) is 5.54. The molecule has 0 amide bonds. The van der Waals surface area contributed by atoms with Crippen LogP contribution >= 0.6 is 0 Å². The van der Waals surface area contributed by atoms with Gasteiger partial charge in [0.2, 0.25) is 0 Å². The van der Waals surface area contributed by atoms with E-state index < -0.39 is 18.0 Å². The third kappa shape index (κ3) is 3.38. The summed E-state index contributed by atoms with van der Waals surface area (Å²) in [5.74, 6) is -1.92. The quantitative estimate of drug-likeness (QED) is 0.536. The molecule has 0 aliphatic carbocycles. The summed E-state index contributed by atoms with van der Waals surface area (Å²) >= 11 is 0. The van der Waals surface area contributed by atoms with E-state index in [0.29, 0.717) is 12.1 Å². The fourth-order valence-corrected chi connectivity index (χ4v) is 1.45. The molecule has 0 bridgehead atoms. The second-order valence-corrected chi connectivity index (χ2v) is 3.87. The van der Waals surface area contributed by atoms with Crippen LogP contribution in [0.2, 0.25) is 0 Å². The van der Waals surface area contributed by atoms with Gasteiger partial charge >= 0.3 is 11.9 Å². The van der Waals surface area contributed by atoms with E-state index in [1.807, 2.05) is 0 Å². The van der Waals surface area contributed by atoms with Crippen molar-refractivity contribution in [1.82, 2.24) is 0 Å². The van der Waals surface area contributed by atoms with Crippen LogP contribution in [0.1, 0.15) is 30.1 Å². The summed E-state index contributed by atoms with van der Waals surface area (Å²) in [7, 11) is 0. The Balaban J connectivity index is 2.83. The molecule has 0 spiro atoms. The van der Waals surface area contributed by atoms with Gasteiger partial charge in [0, 0.05) is 11.4 Å². The van der Waals surface area contributed by atoms with Gasteiger partial charge in [0.25, 0.3) is 0 Å². The number of hydrogen-bond acceptors (Lipinski definition) is 5. The summed E-state index contributed by atoms with van der Waals surface area (Å²) in [5, 5.41) is 8.89. The number of anilines is 2. The van der Waals surface area contributed by atoms with Gasteiger partial charge in [-0.25, -0.2) is 9.59 Å². The van der Waals surface area contributed by atoms with Crippen molar-refractivity contribution < 1.29 is 19.4 Å². The predicted molar refractivity (Wildman–Crippen MR) is 67.0 cm³/mol. The number of nitrogen functional groups attached to an aromatic ring is 2. The fourth-order valence-electron chi connectivity index (χ4n) is 1.45. The van der Waals surface area contributed by atoms with Gasteiger partial charge in [-0.1, -0.05) is 13.3 Å². The van der Waals surface area contributed by atoms with Gasteiger partial charge in [0.05, 0.1) is 5.56 Å². The van der Waals surface area contributed by atoms with Crippen LogP contribution in [0.15, 0.2) is 18.2 Å². The summed E-state index contributed by atoms with van der Waals surface area (Å²) in [5.41, 5.74) is 11.8. The lowest BCUT2D eigenvalue weighted by atomic mass is 10.1. The van der Waals surface area contributed by atoms with Crippen molar-refractivity contribution in [3.05, 3.63) is 23.8 Å². The number of nitrogens with two attached hydrogens (primary N) is 2. The molecule has 18 heavy (non-hydrogen) atoms. The summed E-state index contributed by atoms with van der Waals surface area (Å²) in [6.45, 7) is 1.81. The molecule has 0 aromatic heterocycles. The topological polar surface area (TPSA) is 116 Å². The molecule has 0 radical (unpaired) electrons. The number of ether oxygens (including phenoxy) is 1. The Bertz CT molecular complexity index is 459. The molecule has 6 nitrogen and oxygen atoms in total. The highest BCUT2D eigenvalue weighted by atomic mass is 16.6. The monoisotopic (exact) mass is 252 g/mol. The van der Waals surface area contributed by atoms with Gasteiger partial charge < -0.3 is 21.3 Å². The van der Waals surface area contributed by atoms with Crippen molar-refractivity contribution in [2.75, 3.05) is 11.5 Å². The van der Waals surface area contributed by atoms with Crippen molar-refractivity contribution in [3.63, 3.8) is 0 Å². The van der Waals surface area contributed by atoms with E-state index in [0.717, 1.165) is 0 Å². The molecule has 5 N–H and O–H groups in total. The minimum Gasteiger partial charge on any atom is -0.479 e. The van der Waals surface area contributed by atoms with Gasteiger partial charge in [-0.2, -0.15) is 0 Å². The minimum absolute atomic E-state index is 0.117. The van der Waals surface area contributed by atoms with Gasteiger partial charge in [-0.3, -0.25) is 0 Å². The summed E-state index contributed by atoms with van der Waals surface area (Å²) < 4.78 is 4.90. The Hall–Kier alpha value is -2.24. The van der Waals surface area contributed by atoms with Crippen LogP contribution in [0.25, 0.3) is 0 Å². The minimum atomic E-state index is -1.17. The lowest BCUT2D eigenvalue weighted by Gasteiger charge is -2.13. The highest BCUT2D eigenvalue weighted by molar-refractivity contribution is 5.96. The molecule has 0 saturated heterocycles. The zero-order valence-electron chi connectivity index (χ0n) is 10.1. The van der Waals surface area contributed by atoms with E-state index in [4.69, 9.17) is 21.3 Å². The van der Waals surface area contributed by atoms with Gasteiger partial charge in [0.15, 0.2) is 6.10 Å². The maximum atomic E-state index is 11.8. The van der Waals surface area contributed by atoms with Crippen molar-refractivity contribution in [1.29, 1.82) is 0 Å². The number of benzene rings is 1. The molecule has 0 heterocycles. The number of rotatable bonds is 5. The standard InChI is InChI=1S/C12H16N2O4/c1-2-3-10(11(15)16)18-12(17)8-5-4-7(13)6-9(8)14/h4-6,10H,2-3,13-14H2,1H3,(H,15,16). The Morgan fingerprint density at radius 3 is 2.56 bits per heavy atom. The van der Waals surface area contributed by atoms with Crippen molar-refractivity contribution in [3.8, 4) is 0 Å². The highest BCUT2D eigenvalue weighted by Gasteiger charge is 2.23. The molecule has 1 atom stereocenters. The van der Waals surface area contributed by atoms with Crippen LogP contribution in [0.3, 0.4) is 0 Å². The van der Waals surface area contributed by atoms with Gasteiger partial charge in [-0.05, 0) is 24.6 Å². The first-order chi connectivity index (χ1) is 8.45. The zero-order valence-corrected chi connectivity index (χ0v) is 10.1. The molecule has 6 heteroatoms. The van der Waals surface area contributed by atoms with Crippen LogP contribution in [0.5, 0.6) is 0 Å². The second kappa shape index (κ2) is 5.90. The average Bonchev–Trinajstić information content (AvgIpc) is 2.27. The molecule has 0 aliphatic heterocycles.